The van der Waals surface area contributed by atoms with Crippen molar-refractivity contribution >= 4 is 65.4 Å². The second-order valence-electron chi connectivity index (χ2n) is 9.34. The van der Waals surface area contributed by atoms with E-state index >= 15 is 0 Å². The van der Waals surface area contributed by atoms with Crippen molar-refractivity contribution in [2.75, 3.05) is 0 Å². The number of hydrogen-bond donors (Lipinski definition) is 0. The average Bonchev–Trinajstić information content (AvgIpc) is 2.95. The fourth-order valence-corrected chi connectivity index (χ4v) is 5.37. The van der Waals surface area contributed by atoms with Crippen LogP contribution in [0.25, 0.3) is 21.7 Å². The summed E-state index contributed by atoms with van der Waals surface area (Å²) in [5, 5.41) is 19.0. The predicted molar refractivity (Wildman–Crippen MR) is 164 cm³/mol. The number of fused-ring (bicyclic) bond motifs is 2. The number of benzene rings is 4. The van der Waals surface area contributed by atoms with Gasteiger partial charge in [-0.1, -0.05) is 72.2 Å². The summed E-state index contributed by atoms with van der Waals surface area (Å²) in [6, 6.07) is 22.2. The fraction of sp³-hybridized carbons (Fsp3) is 0.167. The Labute approximate surface area is 246 Å². The van der Waals surface area contributed by atoms with Gasteiger partial charge in [0.2, 0.25) is 5.75 Å². The van der Waals surface area contributed by atoms with E-state index in [4.69, 9.17) is 9.72 Å². The summed E-state index contributed by atoms with van der Waals surface area (Å²) in [5.41, 5.74) is 1.39. The summed E-state index contributed by atoms with van der Waals surface area (Å²) >= 11 is 6.85. The third-order valence-electron chi connectivity index (χ3n) is 6.70. The summed E-state index contributed by atoms with van der Waals surface area (Å²) in [7, 11) is 0. The fourth-order valence-electron chi connectivity index (χ4n) is 4.42. The van der Waals surface area contributed by atoms with E-state index in [2.05, 4.69) is 37.0 Å². The Hall–Kier alpha value is -3.89. The van der Waals surface area contributed by atoms with Crippen LogP contribution in [0.2, 0.25) is 0 Å². The van der Waals surface area contributed by atoms with Crippen molar-refractivity contribution in [1.82, 2.24) is 9.66 Å². The van der Waals surface area contributed by atoms with Crippen molar-refractivity contribution in [3.8, 4) is 5.75 Å². The number of halogens is 2. The number of ether oxygens (including phenoxy) is 1. The normalized spacial score (nSPS) is 12.3. The SMILES string of the molecule is CC[C@H](C)c1nc2ccc(Br)cc2c(=O)n1N=Cc1cc(Br)c(OCc2cccc3ccccc23)c([N+](=O)[O-])c1. The number of aromatic nitrogens is 2. The van der Waals surface area contributed by atoms with Gasteiger partial charge >= 0.3 is 5.69 Å². The molecule has 0 fully saturated rings. The van der Waals surface area contributed by atoms with Crippen LogP contribution in [-0.2, 0) is 6.61 Å². The number of nitro benzene ring substituents is 1. The molecule has 0 spiro atoms. The van der Waals surface area contributed by atoms with Crippen molar-refractivity contribution in [2.45, 2.75) is 32.8 Å². The number of hydrogen-bond acceptors (Lipinski definition) is 6. The van der Waals surface area contributed by atoms with Gasteiger partial charge in [0.05, 0.1) is 26.5 Å². The molecule has 0 aliphatic heterocycles. The maximum absolute atomic E-state index is 13.4. The van der Waals surface area contributed by atoms with E-state index in [1.807, 2.05) is 62.4 Å². The van der Waals surface area contributed by atoms with E-state index in [-0.39, 0.29) is 29.5 Å². The Balaban J connectivity index is 1.52. The molecule has 0 N–H and O–H groups in total. The highest BCUT2D eigenvalue weighted by molar-refractivity contribution is 9.10. The van der Waals surface area contributed by atoms with Crippen LogP contribution in [0.1, 0.15) is 43.1 Å². The largest absolute Gasteiger partial charge is 0.481 e. The summed E-state index contributed by atoms with van der Waals surface area (Å²) in [4.78, 5) is 29.6. The molecule has 202 valence electrons. The molecule has 0 unspecified atom stereocenters. The molecule has 1 heterocycles. The number of nitro groups is 1. The van der Waals surface area contributed by atoms with Gasteiger partial charge in [-0.2, -0.15) is 9.78 Å². The molecule has 4 aromatic carbocycles. The molecule has 0 saturated carbocycles. The Kier molecular flexibility index (Phi) is 8.09. The molecule has 0 aliphatic carbocycles. The van der Waals surface area contributed by atoms with E-state index < -0.39 is 4.92 Å². The summed E-state index contributed by atoms with van der Waals surface area (Å²) < 4.78 is 8.41. The highest BCUT2D eigenvalue weighted by Crippen LogP contribution is 2.37. The zero-order valence-electron chi connectivity index (χ0n) is 21.7. The zero-order valence-corrected chi connectivity index (χ0v) is 24.8. The monoisotopic (exact) mass is 662 g/mol. The van der Waals surface area contributed by atoms with E-state index in [0.717, 1.165) is 27.2 Å². The van der Waals surface area contributed by atoms with Gasteiger partial charge in [-0.3, -0.25) is 14.9 Å². The van der Waals surface area contributed by atoms with E-state index in [1.54, 1.807) is 18.2 Å². The van der Waals surface area contributed by atoms with Crippen molar-refractivity contribution in [3.05, 3.63) is 119 Å². The maximum atomic E-state index is 13.4. The smallest absolute Gasteiger partial charge is 0.312 e. The van der Waals surface area contributed by atoms with E-state index in [1.165, 1.54) is 17.0 Å². The van der Waals surface area contributed by atoms with Crippen molar-refractivity contribution in [2.24, 2.45) is 5.10 Å². The van der Waals surface area contributed by atoms with E-state index in [9.17, 15) is 14.9 Å². The highest BCUT2D eigenvalue weighted by Gasteiger charge is 2.21. The lowest BCUT2D eigenvalue weighted by molar-refractivity contribution is -0.386. The van der Waals surface area contributed by atoms with Gasteiger partial charge in [-0.05, 0) is 63.0 Å². The lowest BCUT2D eigenvalue weighted by Gasteiger charge is -2.14. The summed E-state index contributed by atoms with van der Waals surface area (Å²) in [5.74, 6) is 0.593. The lowest BCUT2D eigenvalue weighted by atomic mass is 10.1. The molecule has 1 atom stereocenters. The minimum atomic E-state index is -0.494. The Morgan fingerprint density at radius 3 is 2.62 bits per heavy atom. The molecule has 0 aliphatic rings. The van der Waals surface area contributed by atoms with Gasteiger partial charge in [-0.25, -0.2) is 4.98 Å². The molecule has 0 saturated heterocycles. The molecule has 1 aromatic heterocycles. The molecule has 8 nitrogen and oxygen atoms in total. The molecule has 40 heavy (non-hydrogen) atoms. The minimum Gasteiger partial charge on any atom is -0.481 e. The van der Waals surface area contributed by atoms with Crippen LogP contribution in [0, 0.1) is 10.1 Å². The number of nitrogens with zero attached hydrogens (tertiary/aromatic N) is 4. The van der Waals surface area contributed by atoms with Crippen molar-refractivity contribution < 1.29 is 9.66 Å². The predicted octanol–water partition coefficient (Wildman–Crippen LogP) is 7.96. The van der Waals surface area contributed by atoms with Crippen LogP contribution in [0.4, 0.5) is 5.69 Å². The van der Waals surface area contributed by atoms with Crippen LogP contribution < -0.4 is 10.3 Å². The molecule has 10 heteroatoms. The standard InChI is InChI=1S/C30H24Br2N4O4/c1-3-18(2)29-34-26-12-11-22(31)15-24(26)30(37)35(29)33-16-19-13-25(32)28(27(14-19)36(38)39)40-17-21-9-6-8-20-7-4-5-10-23(20)21/h4-16,18H,3,17H2,1-2H3/t18-/m0/s1. The minimum absolute atomic E-state index is 0.0381. The lowest BCUT2D eigenvalue weighted by Crippen LogP contribution is -2.23. The first kappa shape index (κ1) is 27.7. The Morgan fingerprint density at radius 2 is 1.85 bits per heavy atom. The van der Waals surface area contributed by atoms with E-state index in [0.29, 0.717) is 26.8 Å². The van der Waals surface area contributed by atoms with Crippen molar-refractivity contribution in [3.63, 3.8) is 0 Å². The molecular formula is C30H24Br2N4O4. The van der Waals surface area contributed by atoms with Crippen LogP contribution in [0.3, 0.4) is 0 Å². The topological polar surface area (TPSA) is 99.6 Å². The van der Waals surface area contributed by atoms with Crippen LogP contribution in [0.15, 0.2) is 91.6 Å². The van der Waals surface area contributed by atoms with Crippen LogP contribution in [0.5, 0.6) is 5.75 Å². The zero-order chi connectivity index (χ0) is 28.4. The quantitative estimate of drug-likeness (QED) is 0.0953. The molecule has 0 radical (unpaired) electrons. The first-order valence-corrected chi connectivity index (χ1v) is 14.2. The first-order valence-electron chi connectivity index (χ1n) is 12.6. The molecular weight excluding hydrogens is 640 g/mol. The average molecular weight is 664 g/mol. The highest BCUT2D eigenvalue weighted by atomic mass is 79.9. The Bertz CT molecular complexity index is 1850. The third-order valence-corrected chi connectivity index (χ3v) is 7.79. The van der Waals surface area contributed by atoms with Crippen LogP contribution in [-0.4, -0.2) is 20.8 Å². The molecule has 0 bridgehead atoms. The maximum Gasteiger partial charge on any atom is 0.312 e. The summed E-state index contributed by atoms with van der Waals surface area (Å²) in [6.45, 7) is 4.14. The molecule has 5 aromatic rings. The van der Waals surface area contributed by atoms with Gasteiger partial charge < -0.3 is 4.74 Å². The molecule has 0 amide bonds. The third kappa shape index (κ3) is 5.55. The number of rotatable bonds is 8. The summed E-state index contributed by atoms with van der Waals surface area (Å²) in [6.07, 6.45) is 2.18. The van der Waals surface area contributed by atoms with Gasteiger partial charge in [0, 0.05) is 22.0 Å². The van der Waals surface area contributed by atoms with Gasteiger partial charge in [-0.15, -0.1) is 0 Å². The van der Waals surface area contributed by atoms with Crippen LogP contribution >= 0.6 is 31.9 Å². The molecule has 5 rings (SSSR count). The second kappa shape index (κ2) is 11.7. The first-order chi connectivity index (χ1) is 19.3. The second-order valence-corrected chi connectivity index (χ2v) is 11.1. The van der Waals surface area contributed by atoms with Crippen molar-refractivity contribution in [1.29, 1.82) is 0 Å². The van der Waals surface area contributed by atoms with Gasteiger partial charge in [0.1, 0.15) is 12.4 Å². The Morgan fingerprint density at radius 1 is 1.07 bits per heavy atom. The van der Waals surface area contributed by atoms with Gasteiger partial charge in [0.25, 0.3) is 5.56 Å². The van der Waals surface area contributed by atoms with Gasteiger partial charge in [0.15, 0.2) is 0 Å².